The molecule has 0 amide bonds. The van der Waals surface area contributed by atoms with Crippen LogP contribution >= 0.6 is 0 Å². The van der Waals surface area contributed by atoms with E-state index in [1.165, 1.54) is 49.4 Å². The minimum Gasteiger partial charge on any atom is -0.456 e. The van der Waals surface area contributed by atoms with Crippen molar-refractivity contribution in [2.45, 2.75) is 0 Å². The number of hydrogen-bond donors (Lipinski definition) is 0. The highest BCUT2D eigenvalue weighted by Crippen LogP contribution is 2.49. The topological polar surface area (TPSA) is 37.7 Å². The summed E-state index contributed by atoms with van der Waals surface area (Å²) in [7, 11) is 0. The molecular weight excluding hydrogens is 1170 g/mol. The average molecular weight is 1220 g/mol. The highest BCUT2D eigenvalue weighted by atomic mass is 16.3. The maximum Gasteiger partial charge on any atom is 0.252 e. The lowest BCUT2D eigenvalue weighted by molar-refractivity contribution is 0.668. The van der Waals surface area contributed by atoms with Crippen molar-refractivity contribution in [1.82, 2.24) is 4.57 Å². The molecule has 6 heteroatoms. The molecule has 2 aliphatic rings. The van der Waals surface area contributed by atoms with Crippen LogP contribution in [0, 0.1) is 0 Å². The Morgan fingerprint density at radius 1 is 0.208 bits per heavy atom. The summed E-state index contributed by atoms with van der Waals surface area (Å²) in [6.45, 7) is -0.177. The van der Waals surface area contributed by atoms with Gasteiger partial charge in [-0.05, 0) is 192 Å². The van der Waals surface area contributed by atoms with Gasteiger partial charge in [0.25, 0.3) is 6.71 Å². The zero-order valence-corrected chi connectivity index (χ0v) is 52.1. The van der Waals surface area contributed by atoms with Crippen LogP contribution in [-0.4, -0.2) is 11.3 Å². The molecule has 2 aliphatic heterocycles. The third-order valence-corrected chi connectivity index (χ3v) is 20.2. The van der Waals surface area contributed by atoms with Crippen molar-refractivity contribution in [2.75, 3.05) is 9.80 Å². The lowest BCUT2D eigenvalue weighted by Crippen LogP contribution is -2.61. The van der Waals surface area contributed by atoms with Crippen LogP contribution in [-0.2, 0) is 0 Å². The van der Waals surface area contributed by atoms with Crippen molar-refractivity contribution in [3.05, 3.63) is 340 Å². The first-order valence-corrected chi connectivity index (χ1v) is 33.0. The van der Waals surface area contributed by atoms with E-state index < -0.39 is 0 Å². The first kappa shape index (κ1) is 54.0. The standard InChI is InChI=1S/C90H56BN3O2/c1-5-17-57(18-6-1)61-29-39-69(40-30-61)92-82-51-65(67-33-43-74-76-49-63(59-21-9-3-10-22-59)37-47-86(76)95-88(74)53-67)35-45-78(82)91-79-46-36-66(68-34-44-75-77-50-64(60-23-11-4-12-24-60)38-48-87(77)96-89(75)54-68)52-83(79)93(70-41-31-62(32-42-70)58-19-7-2-8-20-58)85-56-71(55-84(92)90(85)91)94-80-27-15-13-25-72(80)73-26-14-16-28-81(73)94/h1-56H. The molecule has 0 bridgehead atoms. The Morgan fingerprint density at radius 3 is 0.969 bits per heavy atom. The molecule has 0 unspecified atom stereocenters. The first-order chi connectivity index (χ1) is 47.6. The predicted molar refractivity (Wildman–Crippen MR) is 402 cm³/mol. The molecule has 0 radical (unpaired) electrons. The molecule has 0 atom stereocenters. The third kappa shape index (κ3) is 8.59. The number of nitrogens with zero attached hydrogens (tertiary/aromatic N) is 3. The van der Waals surface area contributed by atoms with Crippen LogP contribution in [0.1, 0.15) is 0 Å². The van der Waals surface area contributed by atoms with Crippen LogP contribution in [0.3, 0.4) is 0 Å². The van der Waals surface area contributed by atoms with E-state index in [0.717, 1.165) is 139 Å². The Labute approximate surface area is 554 Å². The van der Waals surface area contributed by atoms with Crippen LogP contribution in [0.5, 0.6) is 0 Å². The number of rotatable bonds is 9. The molecule has 20 rings (SSSR count). The van der Waals surface area contributed by atoms with Crippen molar-refractivity contribution < 1.29 is 8.83 Å². The van der Waals surface area contributed by atoms with Gasteiger partial charge in [-0.15, -0.1) is 0 Å². The van der Waals surface area contributed by atoms with Gasteiger partial charge >= 0.3 is 0 Å². The summed E-state index contributed by atoms with van der Waals surface area (Å²) >= 11 is 0. The fraction of sp³-hybridized carbons (Fsp3) is 0. The summed E-state index contributed by atoms with van der Waals surface area (Å²) < 4.78 is 16.0. The minimum atomic E-state index is -0.177. The van der Waals surface area contributed by atoms with Crippen molar-refractivity contribution in [1.29, 1.82) is 0 Å². The Balaban J connectivity index is 0.831. The molecule has 15 aromatic carbocycles. The van der Waals surface area contributed by atoms with E-state index in [9.17, 15) is 0 Å². The number of furan rings is 2. The van der Waals surface area contributed by atoms with E-state index in [4.69, 9.17) is 8.83 Å². The van der Waals surface area contributed by atoms with Crippen LogP contribution in [0.15, 0.2) is 349 Å². The Kier molecular flexibility index (Phi) is 12.1. The number of anilines is 6. The predicted octanol–water partition coefficient (Wildman–Crippen LogP) is 22.7. The quantitative estimate of drug-likeness (QED) is 0.135. The largest absolute Gasteiger partial charge is 0.456 e. The van der Waals surface area contributed by atoms with Gasteiger partial charge in [0.2, 0.25) is 0 Å². The Bertz CT molecular complexity index is 5760. The maximum atomic E-state index is 6.76. The summed E-state index contributed by atoms with van der Waals surface area (Å²) in [6, 6.07) is 125. The van der Waals surface area contributed by atoms with Crippen molar-refractivity contribution >= 4 is 123 Å². The molecule has 0 N–H and O–H groups in total. The molecular formula is C90H56BN3O2. The van der Waals surface area contributed by atoms with Gasteiger partial charge in [-0.3, -0.25) is 0 Å². The second-order valence-electron chi connectivity index (χ2n) is 25.5. The SMILES string of the molecule is c1ccc(-c2ccc(N3c4cc(-c5ccc6c(c5)oc5ccc(-c7ccccc7)cc56)ccc4B4c5ccc(-c6ccc7c(c6)oc6ccc(-c8ccccc8)cc67)cc5N(c5ccc(-c6ccccc6)cc5)c5cc(-n6c7ccccc7c7ccccc76)cc3c54)cc2)cc1. The van der Waals surface area contributed by atoms with E-state index >= 15 is 0 Å². The van der Waals surface area contributed by atoms with Gasteiger partial charge in [0.05, 0.1) is 16.7 Å². The molecule has 0 spiro atoms. The molecule has 446 valence electrons. The number of benzene rings is 15. The highest BCUT2D eigenvalue weighted by molar-refractivity contribution is 7.00. The first-order valence-electron chi connectivity index (χ1n) is 33.0. The van der Waals surface area contributed by atoms with Gasteiger partial charge in [-0.25, -0.2) is 0 Å². The zero-order chi connectivity index (χ0) is 63.0. The maximum absolute atomic E-state index is 6.76. The summed E-state index contributed by atoms with van der Waals surface area (Å²) in [5.41, 5.74) is 30.7. The highest BCUT2D eigenvalue weighted by Gasteiger charge is 2.44. The fourth-order valence-electron chi connectivity index (χ4n) is 15.6. The van der Waals surface area contributed by atoms with Gasteiger partial charge in [0, 0.05) is 66.4 Å². The molecule has 0 aliphatic carbocycles. The second-order valence-corrected chi connectivity index (χ2v) is 25.5. The number of fused-ring (bicyclic) bond motifs is 13. The third-order valence-electron chi connectivity index (χ3n) is 20.2. The fourth-order valence-corrected chi connectivity index (χ4v) is 15.6. The number of aromatic nitrogens is 1. The number of hydrogen-bond acceptors (Lipinski definition) is 4. The Morgan fingerprint density at radius 2 is 0.542 bits per heavy atom. The normalized spacial score (nSPS) is 12.5. The molecule has 5 heterocycles. The lowest BCUT2D eigenvalue weighted by atomic mass is 9.33. The zero-order valence-electron chi connectivity index (χ0n) is 52.1. The molecule has 0 saturated heterocycles. The van der Waals surface area contributed by atoms with E-state index in [-0.39, 0.29) is 6.71 Å². The van der Waals surface area contributed by atoms with E-state index in [2.05, 4.69) is 354 Å². The van der Waals surface area contributed by atoms with Gasteiger partial charge in [-0.1, -0.05) is 231 Å². The molecule has 96 heavy (non-hydrogen) atoms. The minimum absolute atomic E-state index is 0.177. The van der Waals surface area contributed by atoms with Crippen LogP contribution in [0.25, 0.3) is 138 Å². The summed E-state index contributed by atoms with van der Waals surface area (Å²) in [4.78, 5) is 5.10. The summed E-state index contributed by atoms with van der Waals surface area (Å²) in [6.07, 6.45) is 0. The van der Waals surface area contributed by atoms with Crippen LogP contribution in [0.2, 0.25) is 0 Å². The molecule has 0 saturated carbocycles. The van der Waals surface area contributed by atoms with Crippen LogP contribution in [0.4, 0.5) is 34.1 Å². The van der Waals surface area contributed by atoms with Crippen molar-refractivity contribution in [2.24, 2.45) is 0 Å². The summed E-state index contributed by atoms with van der Waals surface area (Å²) in [5.74, 6) is 0. The lowest BCUT2D eigenvalue weighted by Gasteiger charge is -2.44. The Hall–Kier alpha value is -12.6. The van der Waals surface area contributed by atoms with E-state index in [1.54, 1.807) is 0 Å². The smallest absolute Gasteiger partial charge is 0.252 e. The molecule has 3 aromatic heterocycles. The molecule has 0 fully saturated rings. The van der Waals surface area contributed by atoms with Gasteiger partial charge in [-0.2, -0.15) is 0 Å². The molecule has 5 nitrogen and oxygen atoms in total. The monoisotopic (exact) mass is 1220 g/mol. The number of para-hydroxylation sites is 2. The van der Waals surface area contributed by atoms with E-state index in [0.29, 0.717) is 0 Å². The van der Waals surface area contributed by atoms with E-state index in [1.807, 2.05) is 0 Å². The van der Waals surface area contributed by atoms with Gasteiger partial charge in [0.15, 0.2) is 0 Å². The summed E-state index contributed by atoms with van der Waals surface area (Å²) in [5, 5.41) is 6.81. The molecule has 18 aromatic rings. The average Bonchev–Trinajstić information content (AvgIpc) is 0.879. The van der Waals surface area contributed by atoms with Gasteiger partial charge in [0.1, 0.15) is 22.3 Å². The van der Waals surface area contributed by atoms with Crippen LogP contribution < -0.4 is 26.2 Å². The second kappa shape index (κ2) is 21.5. The van der Waals surface area contributed by atoms with Gasteiger partial charge < -0.3 is 23.2 Å². The van der Waals surface area contributed by atoms with Crippen molar-refractivity contribution in [3.8, 4) is 72.4 Å². The van der Waals surface area contributed by atoms with Crippen molar-refractivity contribution in [3.63, 3.8) is 0 Å².